The lowest BCUT2D eigenvalue weighted by Crippen LogP contribution is -2.05. The molecule has 0 radical (unpaired) electrons. The molecule has 1 aromatic carbocycles. The van der Waals surface area contributed by atoms with Crippen molar-refractivity contribution in [3.05, 3.63) is 40.4 Å². The van der Waals surface area contributed by atoms with Gasteiger partial charge in [0.15, 0.2) is 0 Å². The van der Waals surface area contributed by atoms with E-state index < -0.39 is 11.6 Å². The third-order valence-electron chi connectivity index (χ3n) is 1.52. The van der Waals surface area contributed by atoms with Crippen LogP contribution in [0.5, 0.6) is 0 Å². The van der Waals surface area contributed by atoms with Gasteiger partial charge in [0.25, 0.3) is 0 Å². The zero-order chi connectivity index (χ0) is 10.6. The molecular weight excluding hydrogens is 231 g/mol. The van der Waals surface area contributed by atoms with Crippen LogP contribution in [0.4, 0.5) is 14.5 Å². The summed E-state index contributed by atoms with van der Waals surface area (Å²) in [4.78, 5) is 0. The molecule has 0 heterocycles. The third-order valence-corrected chi connectivity index (χ3v) is 2.13. The van der Waals surface area contributed by atoms with Crippen molar-refractivity contribution in [1.82, 2.24) is 0 Å². The Morgan fingerprint density at radius 1 is 1.36 bits per heavy atom. The van der Waals surface area contributed by atoms with E-state index in [1.54, 1.807) is 0 Å². The monoisotopic (exact) mass is 237 g/mol. The minimum atomic E-state index is -0.663. The van der Waals surface area contributed by atoms with Gasteiger partial charge >= 0.3 is 0 Å². The first-order valence-corrected chi connectivity index (χ1v) is 4.59. The van der Waals surface area contributed by atoms with Crippen LogP contribution in [0.2, 0.25) is 0 Å². The summed E-state index contributed by atoms with van der Waals surface area (Å²) in [5, 5.41) is 2.77. The average molecular weight is 238 g/mol. The fourth-order valence-electron chi connectivity index (χ4n) is 0.878. The van der Waals surface area contributed by atoms with E-state index in [-0.39, 0.29) is 17.3 Å². The lowest BCUT2D eigenvalue weighted by Gasteiger charge is -2.06. The number of rotatable bonds is 3. The quantitative estimate of drug-likeness (QED) is 0.846. The fourth-order valence-corrected chi connectivity index (χ4v) is 1.02. The second-order valence-corrected chi connectivity index (χ2v) is 3.21. The molecule has 0 saturated heterocycles. The Kier molecular flexibility index (Phi) is 4.17. The number of halogens is 4. The number of anilines is 1. The predicted octanol–water partition coefficient (Wildman–Crippen LogP) is 3.70. The van der Waals surface area contributed by atoms with Crippen molar-refractivity contribution in [2.45, 2.75) is 0 Å². The van der Waals surface area contributed by atoms with Crippen molar-refractivity contribution in [3.63, 3.8) is 0 Å². The van der Waals surface area contributed by atoms with Crippen LogP contribution in [0.25, 0.3) is 0 Å². The molecule has 0 atom stereocenters. The lowest BCUT2D eigenvalue weighted by molar-refractivity contribution is 0.589. The first-order valence-electron chi connectivity index (χ1n) is 3.77. The van der Waals surface area contributed by atoms with Crippen molar-refractivity contribution < 1.29 is 8.78 Å². The van der Waals surface area contributed by atoms with Crippen LogP contribution in [0.15, 0.2) is 28.8 Å². The maximum Gasteiger partial charge on any atom is 0.149 e. The Bertz CT molecular complexity index is 332. The highest BCUT2D eigenvalue weighted by molar-refractivity contribution is 6.36. The van der Waals surface area contributed by atoms with Crippen LogP contribution in [-0.2, 0) is 0 Å². The van der Waals surface area contributed by atoms with Crippen molar-refractivity contribution in [2.24, 2.45) is 0 Å². The van der Waals surface area contributed by atoms with E-state index in [1.807, 2.05) is 0 Å². The molecule has 1 N–H and O–H groups in total. The summed E-state index contributed by atoms with van der Waals surface area (Å²) in [6.45, 7) is 0.0862. The molecule has 0 spiro atoms. The predicted molar refractivity (Wildman–Crippen MR) is 54.6 cm³/mol. The second kappa shape index (κ2) is 5.17. The fraction of sp³-hybridized carbons (Fsp3) is 0.111. The molecule has 0 saturated carbocycles. The molecule has 0 aliphatic heterocycles. The summed E-state index contributed by atoms with van der Waals surface area (Å²) >= 11 is 10.8. The molecule has 1 rings (SSSR count). The summed E-state index contributed by atoms with van der Waals surface area (Å²) in [7, 11) is 0. The maximum absolute atomic E-state index is 13.0. The normalized spacial score (nSPS) is 11.6. The summed E-state index contributed by atoms with van der Waals surface area (Å²) in [5.41, 5.74) is 0.928. The van der Waals surface area contributed by atoms with Crippen LogP contribution < -0.4 is 5.32 Å². The molecule has 0 bridgehead atoms. The van der Waals surface area contributed by atoms with Crippen LogP contribution in [0.1, 0.15) is 0 Å². The topological polar surface area (TPSA) is 12.0 Å². The molecular formula is C9H7Cl2F2N. The van der Waals surface area contributed by atoms with Gasteiger partial charge < -0.3 is 5.32 Å². The van der Waals surface area contributed by atoms with Crippen molar-refractivity contribution >= 4 is 28.9 Å². The summed E-state index contributed by atoms with van der Waals surface area (Å²) in [6.07, 6.45) is 0. The number of hydrogen-bond acceptors (Lipinski definition) is 1. The summed E-state index contributed by atoms with van der Waals surface area (Å²) in [5.74, 6) is -1.33. The Morgan fingerprint density at radius 3 is 2.43 bits per heavy atom. The van der Waals surface area contributed by atoms with Gasteiger partial charge in [0.05, 0.1) is 6.54 Å². The highest BCUT2D eigenvalue weighted by atomic mass is 35.5. The van der Waals surface area contributed by atoms with Crippen LogP contribution >= 0.6 is 23.2 Å². The highest BCUT2D eigenvalue weighted by Gasteiger charge is 2.07. The molecule has 0 amide bonds. The Balaban J connectivity index is 2.76. The summed E-state index contributed by atoms with van der Waals surface area (Å²) < 4.78 is 26.0. The van der Waals surface area contributed by atoms with Gasteiger partial charge in [-0.25, -0.2) is 8.78 Å². The molecule has 1 nitrogen and oxygen atoms in total. The number of para-hydroxylation sites is 1. The largest absolute Gasteiger partial charge is 0.375 e. The highest BCUT2D eigenvalue weighted by Crippen LogP contribution is 2.18. The van der Waals surface area contributed by atoms with Crippen LogP contribution in [0.3, 0.4) is 0 Å². The molecule has 76 valence electrons. The Morgan fingerprint density at radius 2 is 1.93 bits per heavy atom. The first kappa shape index (κ1) is 11.3. The second-order valence-electron chi connectivity index (χ2n) is 2.51. The van der Waals surface area contributed by atoms with Gasteiger partial charge in [-0.05, 0) is 12.1 Å². The number of hydrogen-bond donors (Lipinski definition) is 1. The van der Waals surface area contributed by atoms with E-state index in [0.717, 1.165) is 17.7 Å². The third kappa shape index (κ3) is 2.86. The zero-order valence-corrected chi connectivity index (χ0v) is 8.54. The molecule has 5 heteroatoms. The molecule has 14 heavy (non-hydrogen) atoms. The Labute approximate surface area is 90.3 Å². The van der Waals surface area contributed by atoms with E-state index in [4.69, 9.17) is 23.2 Å². The van der Waals surface area contributed by atoms with Gasteiger partial charge in [-0.2, -0.15) is 0 Å². The standard InChI is InChI=1S/C9H7Cl2F2N/c10-4-6(11)5-14-9-7(12)2-1-3-8(9)13/h1-4,14H,5H2. The lowest BCUT2D eigenvalue weighted by atomic mass is 10.3. The molecule has 1 aromatic rings. The minimum Gasteiger partial charge on any atom is -0.375 e. The van der Waals surface area contributed by atoms with Gasteiger partial charge in [0, 0.05) is 10.6 Å². The van der Waals surface area contributed by atoms with E-state index in [0.29, 0.717) is 0 Å². The van der Waals surface area contributed by atoms with Gasteiger partial charge in [0.1, 0.15) is 17.3 Å². The maximum atomic E-state index is 13.0. The molecule has 0 unspecified atom stereocenters. The van der Waals surface area contributed by atoms with Crippen molar-refractivity contribution in [2.75, 3.05) is 11.9 Å². The minimum absolute atomic E-state index is 0.0862. The van der Waals surface area contributed by atoms with Gasteiger partial charge in [-0.1, -0.05) is 29.3 Å². The zero-order valence-electron chi connectivity index (χ0n) is 7.03. The average Bonchev–Trinajstić information content (AvgIpc) is 2.16. The van der Waals surface area contributed by atoms with Gasteiger partial charge in [0.2, 0.25) is 0 Å². The first-order chi connectivity index (χ1) is 6.65. The van der Waals surface area contributed by atoms with Gasteiger partial charge in [-0.3, -0.25) is 0 Å². The molecule has 0 aliphatic rings. The van der Waals surface area contributed by atoms with Crippen molar-refractivity contribution in [3.8, 4) is 0 Å². The van der Waals surface area contributed by atoms with Crippen LogP contribution in [-0.4, -0.2) is 6.54 Å². The smallest absolute Gasteiger partial charge is 0.149 e. The van der Waals surface area contributed by atoms with Crippen LogP contribution in [0, 0.1) is 11.6 Å². The number of nitrogens with one attached hydrogen (secondary N) is 1. The SMILES string of the molecule is Fc1cccc(F)c1NCC(Cl)=CCl. The molecule has 0 aromatic heterocycles. The summed E-state index contributed by atoms with van der Waals surface area (Å²) in [6, 6.07) is 3.60. The molecule has 0 aliphatic carbocycles. The Hall–Kier alpha value is -0.800. The molecule has 0 fully saturated rings. The van der Waals surface area contributed by atoms with E-state index in [2.05, 4.69) is 5.32 Å². The number of benzene rings is 1. The van der Waals surface area contributed by atoms with E-state index in [9.17, 15) is 8.78 Å². The van der Waals surface area contributed by atoms with E-state index >= 15 is 0 Å². The van der Waals surface area contributed by atoms with Crippen molar-refractivity contribution in [1.29, 1.82) is 0 Å². The van der Waals surface area contributed by atoms with E-state index in [1.165, 1.54) is 6.07 Å². The van der Waals surface area contributed by atoms with Gasteiger partial charge in [-0.15, -0.1) is 0 Å².